The van der Waals surface area contributed by atoms with Crippen LogP contribution in [0, 0.1) is 5.92 Å². The van der Waals surface area contributed by atoms with E-state index in [2.05, 4.69) is 39.9 Å². The van der Waals surface area contributed by atoms with Crippen molar-refractivity contribution in [1.82, 2.24) is 5.32 Å². The second kappa shape index (κ2) is 10.1. The lowest BCUT2D eigenvalue weighted by molar-refractivity contribution is 0.0283. The van der Waals surface area contributed by atoms with Crippen molar-refractivity contribution in [3.63, 3.8) is 0 Å². The molecule has 2 heteroatoms. The van der Waals surface area contributed by atoms with Crippen LogP contribution in [0.4, 0.5) is 0 Å². The van der Waals surface area contributed by atoms with E-state index in [1.165, 1.54) is 19.3 Å². The Balaban J connectivity index is 4.13. The third kappa shape index (κ3) is 7.24. The molecule has 2 nitrogen and oxygen atoms in total. The third-order valence-corrected chi connectivity index (χ3v) is 2.94. The Hall–Kier alpha value is -0.0800. The van der Waals surface area contributed by atoms with E-state index in [0.717, 1.165) is 25.5 Å². The van der Waals surface area contributed by atoms with Gasteiger partial charge in [0.05, 0.1) is 6.10 Å². The summed E-state index contributed by atoms with van der Waals surface area (Å²) in [6.07, 6.45) is 5.20. The Labute approximate surface area is 102 Å². The largest absolute Gasteiger partial charge is 0.377 e. The van der Waals surface area contributed by atoms with E-state index < -0.39 is 0 Å². The van der Waals surface area contributed by atoms with Crippen molar-refractivity contribution >= 4 is 0 Å². The molecule has 2 unspecified atom stereocenters. The van der Waals surface area contributed by atoms with E-state index in [1.54, 1.807) is 0 Å². The number of hydrogen-bond donors (Lipinski definition) is 1. The van der Waals surface area contributed by atoms with Crippen LogP contribution >= 0.6 is 0 Å². The summed E-state index contributed by atoms with van der Waals surface area (Å²) in [5.41, 5.74) is 0. The highest BCUT2D eigenvalue weighted by Gasteiger charge is 2.19. The van der Waals surface area contributed by atoms with Gasteiger partial charge in [0.25, 0.3) is 0 Å². The molecule has 0 amide bonds. The lowest BCUT2D eigenvalue weighted by atomic mass is 9.98. The van der Waals surface area contributed by atoms with Crippen molar-refractivity contribution in [3.8, 4) is 0 Å². The van der Waals surface area contributed by atoms with Crippen molar-refractivity contribution in [2.75, 3.05) is 13.2 Å². The molecule has 0 heterocycles. The van der Waals surface area contributed by atoms with Gasteiger partial charge >= 0.3 is 0 Å². The highest BCUT2D eigenvalue weighted by Crippen LogP contribution is 2.14. The lowest BCUT2D eigenvalue weighted by Crippen LogP contribution is -2.41. The van der Waals surface area contributed by atoms with Gasteiger partial charge in [-0.1, -0.05) is 27.7 Å². The molecule has 0 aromatic rings. The van der Waals surface area contributed by atoms with Gasteiger partial charge in [-0.25, -0.2) is 0 Å². The van der Waals surface area contributed by atoms with Crippen LogP contribution in [0.3, 0.4) is 0 Å². The van der Waals surface area contributed by atoms with E-state index in [1.807, 2.05) is 0 Å². The molecule has 0 aromatic carbocycles. The van der Waals surface area contributed by atoms with E-state index in [0.29, 0.717) is 12.1 Å². The fraction of sp³-hybridized carbons (Fsp3) is 1.00. The zero-order valence-electron chi connectivity index (χ0n) is 11.9. The van der Waals surface area contributed by atoms with Gasteiger partial charge < -0.3 is 10.1 Å². The second-order valence-electron chi connectivity index (χ2n) is 4.93. The van der Waals surface area contributed by atoms with Crippen LogP contribution in [0.5, 0.6) is 0 Å². The van der Waals surface area contributed by atoms with Crippen LogP contribution in [-0.2, 0) is 4.74 Å². The van der Waals surface area contributed by atoms with Gasteiger partial charge in [-0.15, -0.1) is 0 Å². The SMILES string of the molecule is CCCNC(CCC(C)C)C(CC)OCC. The van der Waals surface area contributed by atoms with E-state index in [9.17, 15) is 0 Å². The first-order valence-corrected chi connectivity index (χ1v) is 7.00. The van der Waals surface area contributed by atoms with Gasteiger partial charge in [-0.2, -0.15) is 0 Å². The molecule has 0 radical (unpaired) electrons. The maximum absolute atomic E-state index is 5.82. The molecule has 0 aliphatic rings. The minimum absolute atomic E-state index is 0.385. The van der Waals surface area contributed by atoms with E-state index >= 15 is 0 Å². The van der Waals surface area contributed by atoms with Crippen LogP contribution < -0.4 is 5.32 Å². The molecule has 0 aliphatic carbocycles. The Morgan fingerprint density at radius 3 is 2.19 bits per heavy atom. The molecular weight excluding hydrogens is 198 g/mol. The number of ether oxygens (including phenoxy) is 1. The summed E-state index contributed by atoms with van der Waals surface area (Å²) in [4.78, 5) is 0. The highest BCUT2D eigenvalue weighted by molar-refractivity contribution is 4.76. The standard InChI is InChI=1S/C14H31NO/c1-6-11-15-13(10-9-12(4)5)14(7-2)16-8-3/h12-15H,6-11H2,1-5H3. The molecule has 0 spiro atoms. The first kappa shape index (κ1) is 15.9. The molecule has 0 saturated carbocycles. The second-order valence-corrected chi connectivity index (χ2v) is 4.93. The van der Waals surface area contributed by atoms with Gasteiger partial charge in [0.2, 0.25) is 0 Å². The zero-order chi connectivity index (χ0) is 12.4. The van der Waals surface area contributed by atoms with Gasteiger partial charge in [0, 0.05) is 12.6 Å². The Kier molecular flexibility index (Phi) is 10.0. The Bertz CT molecular complexity index is 148. The van der Waals surface area contributed by atoms with Gasteiger partial charge in [-0.3, -0.25) is 0 Å². The summed E-state index contributed by atoms with van der Waals surface area (Å²) < 4.78 is 5.82. The van der Waals surface area contributed by atoms with Gasteiger partial charge in [0.15, 0.2) is 0 Å². The van der Waals surface area contributed by atoms with Gasteiger partial charge in [0.1, 0.15) is 0 Å². The predicted octanol–water partition coefficient (Wildman–Crippen LogP) is 3.61. The monoisotopic (exact) mass is 229 g/mol. The summed E-state index contributed by atoms with van der Waals surface area (Å²) in [6.45, 7) is 13.0. The van der Waals surface area contributed by atoms with Crippen molar-refractivity contribution in [2.24, 2.45) is 5.92 Å². The van der Waals surface area contributed by atoms with Crippen LogP contribution in [0.1, 0.15) is 60.3 Å². The average Bonchev–Trinajstić information content (AvgIpc) is 2.26. The van der Waals surface area contributed by atoms with E-state index in [-0.39, 0.29) is 0 Å². The fourth-order valence-electron chi connectivity index (χ4n) is 1.99. The molecule has 16 heavy (non-hydrogen) atoms. The molecule has 0 fully saturated rings. The Morgan fingerprint density at radius 1 is 1.06 bits per heavy atom. The lowest BCUT2D eigenvalue weighted by Gasteiger charge is -2.27. The molecule has 0 aliphatic heterocycles. The topological polar surface area (TPSA) is 21.3 Å². The fourth-order valence-corrected chi connectivity index (χ4v) is 1.99. The molecular formula is C14H31NO. The van der Waals surface area contributed by atoms with Crippen LogP contribution in [0.2, 0.25) is 0 Å². The van der Waals surface area contributed by atoms with Crippen molar-refractivity contribution in [2.45, 2.75) is 72.4 Å². The first-order valence-electron chi connectivity index (χ1n) is 7.00. The van der Waals surface area contributed by atoms with Crippen molar-refractivity contribution < 1.29 is 4.74 Å². The number of nitrogens with one attached hydrogen (secondary N) is 1. The normalized spacial score (nSPS) is 15.4. The van der Waals surface area contributed by atoms with Crippen molar-refractivity contribution in [1.29, 1.82) is 0 Å². The smallest absolute Gasteiger partial charge is 0.0725 e. The van der Waals surface area contributed by atoms with Crippen molar-refractivity contribution in [3.05, 3.63) is 0 Å². The number of rotatable bonds is 10. The molecule has 0 aromatic heterocycles. The van der Waals surface area contributed by atoms with Crippen LogP contribution in [0.25, 0.3) is 0 Å². The molecule has 2 atom stereocenters. The summed E-state index contributed by atoms with van der Waals surface area (Å²) in [6, 6.07) is 0.535. The Morgan fingerprint density at radius 2 is 1.75 bits per heavy atom. The summed E-state index contributed by atoms with van der Waals surface area (Å²) in [7, 11) is 0. The van der Waals surface area contributed by atoms with Gasteiger partial charge in [-0.05, 0) is 45.1 Å². The maximum Gasteiger partial charge on any atom is 0.0725 e. The third-order valence-electron chi connectivity index (χ3n) is 2.94. The van der Waals surface area contributed by atoms with E-state index in [4.69, 9.17) is 4.74 Å². The van der Waals surface area contributed by atoms with Crippen LogP contribution in [-0.4, -0.2) is 25.3 Å². The first-order chi connectivity index (χ1) is 7.65. The quantitative estimate of drug-likeness (QED) is 0.618. The molecule has 1 N–H and O–H groups in total. The molecule has 0 rings (SSSR count). The van der Waals surface area contributed by atoms with Crippen LogP contribution in [0.15, 0.2) is 0 Å². The predicted molar refractivity (Wildman–Crippen MR) is 71.9 cm³/mol. The zero-order valence-corrected chi connectivity index (χ0v) is 11.9. The molecule has 0 bridgehead atoms. The minimum Gasteiger partial charge on any atom is -0.377 e. The molecule has 98 valence electrons. The average molecular weight is 229 g/mol. The summed E-state index contributed by atoms with van der Waals surface area (Å²) in [5.74, 6) is 0.782. The maximum atomic E-state index is 5.82. The highest BCUT2D eigenvalue weighted by atomic mass is 16.5. The number of hydrogen-bond acceptors (Lipinski definition) is 2. The minimum atomic E-state index is 0.385. The summed E-state index contributed by atoms with van der Waals surface area (Å²) >= 11 is 0. The molecule has 0 saturated heterocycles. The summed E-state index contributed by atoms with van der Waals surface area (Å²) in [5, 5.41) is 3.64.